The number of carbonyl (C=O) groups excluding carboxylic acids is 1. The Kier molecular flexibility index (Phi) is 2.99. The van der Waals surface area contributed by atoms with Gasteiger partial charge in [0.05, 0.1) is 24.5 Å². The van der Waals surface area contributed by atoms with Gasteiger partial charge in [-0.15, -0.1) is 0 Å². The molecule has 1 amide bonds. The number of hydrogen-bond donors (Lipinski definition) is 1. The van der Waals surface area contributed by atoms with Gasteiger partial charge in [0.15, 0.2) is 5.69 Å². The minimum absolute atomic E-state index is 0.254. The molecule has 110 valence electrons. The molecule has 1 aliphatic carbocycles. The van der Waals surface area contributed by atoms with Crippen molar-refractivity contribution in [1.29, 1.82) is 0 Å². The van der Waals surface area contributed by atoms with Gasteiger partial charge in [-0.3, -0.25) is 9.48 Å². The predicted octanol–water partition coefficient (Wildman–Crippen LogP) is 1.96. The zero-order valence-electron chi connectivity index (χ0n) is 11.5. The summed E-state index contributed by atoms with van der Waals surface area (Å²) >= 11 is 0. The van der Waals surface area contributed by atoms with Crippen molar-refractivity contribution < 1.29 is 14.1 Å². The van der Waals surface area contributed by atoms with Gasteiger partial charge in [-0.25, -0.2) is 0 Å². The molecule has 7 nitrogen and oxygen atoms in total. The second-order valence-electron chi connectivity index (χ2n) is 5.57. The van der Waals surface area contributed by atoms with Gasteiger partial charge in [-0.2, -0.15) is 5.10 Å². The molecule has 0 radical (unpaired) electrons. The molecule has 4 rings (SSSR count). The van der Waals surface area contributed by atoms with Crippen molar-refractivity contribution in [1.82, 2.24) is 14.9 Å². The molecule has 0 bridgehead atoms. The van der Waals surface area contributed by atoms with Gasteiger partial charge >= 0.3 is 0 Å². The Hall–Kier alpha value is -2.15. The molecule has 3 heterocycles. The molecule has 2 aromatic rings. The van der Waals surface area contributed by atoms with Crippen LogP contribution in [-0.2, 0) is 4.74 Å². The van der Waals surface area contributed by atoms with E-state index >= 15 is 0 Å². The molecule has 0 aromatic carbocycles. The lowest BCUT2D eigenvalue weighted by atomic mass is 10.2. The number of carbonyl (C=O) groups is 1. The number of rotatable bonds is 4. The summed E-state index contributed by atoms with van der Waals surface area (Å²) in [5, 5.41) is 10.9. The molecule has 1 aliphatic heterocycles. The molecule has 0 spiro atoms. The molecule has 1 saturated heterocycles. The van der Waals surface area contributed by atoms with Crippen LogP contribution >= 0.6 is 0 Å². The Bertz CT molecular complexity index is 653. The van der Waals surface area contributed by atoms with Gasteiger partial charge in [-0.05, 0) is 19.3 Å². The van der Waals surface area contributed by atoms with Crippen molar-refractivity contribution >= 4 is 11.6 Å². The second-order valence-corrected chi connectivity index (χ2v) is 5.57. The number of nitrogens with one attached hydrogen (secondary N) is 1. The first-order chi connectivity index (χ1) is 10.3. The maximum Gasteiger partial charge on any atom is 0.277 e. The Labute approximate surface area is 121 Å². The van der Waals surface area contributed by atoms with E-state index in [0.29, 0.717) is 23.9 Å². The molecule has 2 aromatic heterocycles. The quantitative estimate of drug-likeness (QED) is 0.930. The number of aromatic nitrogens is 3. The summed E-state index contributed by atoms with van der Waals surface area (Å²) in [6.07, 6.45) is 6.64. The number of amides is 1. The number of ether oxygens (including phenoxy) is 1. The zero-order chi connectivity index (χ0) is 14.2. The highest BCUT2D eigenvalue weighted by Gasteiger charge is 2.29. The van der Waals surface area contributed by atoms with Crippen LogP contribution in [0.2, 0.25) is 0 Å². The first-order valence-corrected chi connectivity index (χ1v) is 7.19. The largest absolute Gasteiger partial charge is 0.379 e. The lowest BCUT2D eigenvalue weighted by molar-refractivity contribution is 0.101. The molecule has 0 unspecified atom stereocenters. The second kappa shape index (κ2) is 5.00. The van der Waals surface area contributed by atoms with Crippen molar-refractivity contribution in [2.24, 2.45) is 0 Å². The van der Waals surface area contributed by atoms with E-state index in [0.717, 1.165) is 31.6 Å². The molecule has 2 fully saturated rings. The third-order valence-corrected chi connectivity index (χ3v) is 3.88. The van der Waals surface area contributed by atoms with Crippen LogP contribution in [0, 0.1) is 0 Å². The summed E-state index contributed by atoms with van der Waals surface area (Å²) in [5.74, 6) is 0.982. The Balaban J connectivity index is 1.43. The van der Waals surface area contributed by atoms with Crippen LogP contribution in [0.4, 0.5) is 5.69 Å². The highest BCUT2D eigenvalue weighted by molar-refractivity contribution is 6.02. The minimum Gasteiger partial charge on any atom is -0.379 e. The fourth-order valence-electron chi connectivity index (χ4n) is 2.48. The van der Waals surface area contributed by atoms with Crippen molar-refractivity contribution in [3.05, 3.63) is 29.9 Å². The monoisotopic (exact) mass is 288 g/mol. The summed E-state index contributed by atoms with van der Waals surface area (Å²) < 4.78 is 12.4. The van der Waals surface area contributed by atoms with Gasteiger partial charge in [-0.1, -0.05) is 5.16 Å². The summed E-state index contributed by atoms with van der Waals surface area (Å²) in [6, 6.07) is 1.98. The van der Waals surface area contributed by atoms with Crippen LogP contribution in [0.15, 0.2) is 23.0 Å². The Morgan fingerprint density at radius 1 is 1.38 bits per heavy atom. The highest BCUT2D eigenvalue weighted by atomic mass is 16.5. The molecule has 21 heavy (non-hydrogen) atoms. The average molecular weight is 288 g/mol. The van der Waals surface area contributed by atoms with Gasteiger partial charge < -0.3 is 14.6 Å². The fourth-order valence-corrected chi connectivity index (χ4v) is 2.48. The normalized spacial score (nSPS) is 21.6. The third kappa shape index (κ3) is 2.56. The van der Waals surface area contributed by atoms with E-state index in [4.69, 9.17) is 9.26 Å². The number of anilines is 1. The first-order valence-electron chi connectivity index (χ1n) is 7.19. The van der Waals surface area contributed by atoms with Crippen molar-refractivity contribution in [3.63, 3.8) is 0 Å². The molecule has 1 saturated carbocycles. The highest BCUT2D eigenvalue weighted by Crippen LogP contribution is 2.40. The summed E-state index contributed by atoms with van der Waals surface area (Å²) in [5.41, 5.74) is 0.969. The Morgan fingerprint density at radius 2 is 2.29 bits per heavy atom. The van der Waals surface area contributed by atoms with E-state index in [1.165, 1.54) is 0 Å². The number of hydrogen-bond acceptors (Lipinski definition) is 5. The smallest absolute Gasteiger partial charge is 0.277 e. The molecule has 1 N–H and O–H groups in total. The van der Waals surface area contributed by atoms with Crippen molar-refractivity contribution in [3.8, 4) is 0 Å². The maximum absolute atomic E-state index is 12.1. The van der Waals surface area contributed by atoms with E-state index in [2.05, 4.69) is 15.6 Å². The molecule has 7 heteroatoms. The molecule has 1 atom stereocenters. The van der Waals surface area contributed by atoms with Gasteiger partial charge in [0.25, 0.3) is 5.91 Å². The lowest BCUT2D eigenvalue weighted by Crippen LogP contribution is -2.12. The third-order valence-electron chi connectivity index (χ3n) is 3.88. The van der Waals surface area contributed by atoms with Crippen molar-refractivity contribution in [2.45, 2.75) is 31.2 Å². The first kappa shape index (κ1) is 12.6. The van der Waals surface area contributed by atoms with Crippen LogP contribution < -0.4 is 5.32 Å². The summed E-state index contributed by atoms with van der Waals surface area (Å²) in [7, 11) is 0. The van der Waals surface area contributed by atoms with E-state index in [1.807, 2.05) is 10.9 Å². The van der Waals surface area contributed by atoms with Crippen LogP contribution in [0.1, 0.15) is 47.5 Å². The fraction of sp³-hybridized carbons (Fsp3) is 0.500. The van der Waals surface area contributed by atoms with E-state index in [9.17, 15) is 4.79 Å². The van der Waals surface area contributed by atoms with Crippen LogP contribution in [-0.4, -0.2) is 34.1 Å². The lowest BCUT2D eigenvalue weighted by Gasteiger charge is -2.06. The number of nitrogens with zero attached hydrogens (tertiary/aromatic N) is 3. The predicted molar refractivity (Wildman–Crippen MR) is 73.1 cm³/mol. The van der Waals surface area contributed by atoms with E-state index in [1.54, 1.807) is 12.3 Å². The van der Waals surface area contributed by atoms with E-state index in [-0.39, 0.29) is 11.9 Å². The minimum atomic E-state index is -0.270. The zero-order valence-corrected chi connectivity index (χ0v) is 11.5. The van der Waals surface area contributed by atoms with E-state index < -0.39 is 0 Å². The van der Waals surface area contributed by atoms with Gasteiger partial charge in [0, 0.05) is 24.8 Å². The van der Waals surface area contributed by atoms with Crippen LogP contribution in [0.25, 0.3) is 0 Å². The Morgan fingerprint density at radius 3 is 3.05 bits per heavy atom. The molecular formula is C14H16N4O3. The molecule has 2 aliphatic rings. The summed E-state index contributed by atoms with van der Waals surface area (Å²) in [4.78, 5) is 12.1. The molecular weight excluding hydrogens is 272 g/mol. The van der Waals surface area contributed by atoms with Crippen LogP contribution in [0.5, 0.6) is 0 Å². The average Bonchev–Trinajstić information content (AvgIpc) is 2.95. The summed E-state index contributed by atoms with van der Waals surface area (Å²) in [6.45, 7) is 1.43. The van der Waals surface area contributed by atoms with Gasteiger partial charge in [0.2, 0.25) is 0 Å². The SMILES string of the molecule is O=C(Nc1cnn([C@@H]2CCOC2)c1)c1cc(C2CC2)on1. The van der Waals surface area contributed by atoms with Gasteiger partial charge in [0.1, 0.15) is 5.76 Å². The topological polar surface area (TPSA) is 82.2 Å². The standard InChI is InChI=1S/C14H16N4O3/c19-14(12-5-13(21-17-12)9-1-2-9)16-10-6-15-18(7-10)11-3-4-20-8-11/h5-7,9,11H,1-4,8H2,(H,16,19)/t11-/m1/s1. The van der Waals surface area contributed by atoms with Crippen LogP contribution in [0.3, 0.4) is 0 Å². The van der Waals surface area contributed by atoms with Crippen molar-refractivity contribution in [2.75, 3.05) is 18.5 Å². The maximum atomic E-state index is 12.1.